The molecule has 0 bridgehead atoms. The molecule has 1 aliphatic heterocycles. The molecule has 0 spiro atoms. The fourth-order valence-corrected chi connectivity index (χ4v) is 2.53. The average molecular weight is 284 g/mol. The molecule has 4 nitrogen and oxygen atoms in total. The van der Waals surface area contributed by atoms with E-state index in [-0.39, 0.29) is 5.91 Å². The lowest BCUT2D eigenvalue weighted by atomic mass is 10.1. The summed E-state index contributed by atoms with van der Waals surface area (Å²) < 4.78 is 5.66. The van der Waals surface area contributed by atoms with Gasteiger partial charge < -0.3 is 15.1 Å². The molecule has 21 heavy (non-hydrogen) atoms. The van der Waals surface area contributed by atoms with E-state index in [0.717, 1.165) is 30.5 Å². The van der Waals surface area contributed by atoms with Crippen molar-refractivity contribution >= 4 is 16.9 Å². The van der Waals surface area contributed by atoms with Crippen LogP contribution in [0.5, 0.6) is 0 Å². The highest BCUT2D eigenvalue weighted by molar-refractivity contribution is 5.96. The second-order valence-electron chi connectivity index (χ2n) is 5.58. The Hall–Kier alpha value is -2.07. The lowest BCUT2D eigenvalue weighted by Gasteiger charge is -2.13. The second kappa shape index (κ2) is 5.74. The summed E-state index contributed by atoms with van der Waals surface area (Å²) in [6.45, 7) is 6.56. The average Bonchev–Trinajstić information content (AvgIpc) is 2.89. The van der Waals surface area contributed by atoms with Gasteiger partial charge in [0.15, 0.2) is 5.76 Å². The van der Waals surface area contributed by atoms with E-state index >= 15 is 0 Å². The van der Waals surface area contributed by atoms with Gasteiger partial charge in [-0.05, 0) is 56.1 Å². The van der Waals surface area contributed by atoms with Crippen molar-refractivity contribution in [3.8, 4) is 0 Å². The number of hydrogen-bond donors (Lipinski definition) is 2. The lowest BCUT2D eigenvalue weighted by Crippen LogP contribution is -2.29. The summed E-state index contributed by atoms with van der Waals surface area (Å²) in [5.41, 5.74) is 4.41. The number of nitrogens with one attached hydrogen (secondary N) is 2. The molecular formula is C17H20N2O2. The molecule has 1 aromatic carbocycles. The van der Waals surface area contributed by atoms with E-state index in [9.17, 15) is 4.79 Å². The van der Waals surface area contributed by atoms with Gasteiger partial charge in [0.2, 0.25) is 0 Å². The quantitative estimate of drug-likeness (QED) is 0.852. The number of furan rings is 1. The summed E-state index contributed by atoms with van der Waals surface area (Å²) in [6.07, 6.45) is 3.12. The molecular weight excluding hydrogens is 264 g/mol. The molecule has 0 unspecified atom stereocenters. The van der Waals surface area contributed by atoms with E-state index in [1.54, 1.807) is 0 Å². The predicted octanol–water partition coefficient (Wildman–Crippen LogP) is 2.70. The highest BCUT2D eigenvalue weighted by Gasteiger charge is 2.13. The first-order chi connectivity index (χ1) is 10.1. The normalized spacial score (nSPS) is 15.0. The van der Waals surface area contributed by atoms with Crippen molar-refractivity contribution in [1.29, 1.82) is 0 Å². The fraction of sp³-hybridized carbons (Fsp3) is 0.353. The molecule has 2 aromatic rings. The van der Waals surface area contributed by atoms with Crippen molar-refractivity contribution in [3.63, 3.8) is 0 Å². The zero-order valence-corrected chi connectivity index (χ0v) is 12.5. The van der Waals surface area contributed by atoms with E-state index in [1.807, 2.05) is 19.1 Å². The topological polar surface area (TPSA) is 54.3 Å². The van der Waals surface area contributed by atoms with E-state index in [0.29, 0.717) is 12.3 Å². The molecule has 1 aliphatic rings. The summed E-state index contributed by atoms with van der Waals surface area (Å²) in [7, 11) is 0. The Balaban J connectivity index is 1.73. The van der Waals surface area contributed by atoms with Crippen molar-refractivity contribution in [3.05, 3.63) is 46.7 Å². The van der Waals surface area contributed by atoms with Gasteiger partial charge in [-0.15, -0.1) is 0 Å². The van der Waals surface area contributed by atoms with Crippen LogP contribution in [0.1, 0.15) is 28.1 Å². The van der Waals surface area contributed by atoms with Gasteiger partial charge in [-0.3, -0.25) is 4.79 Å². The van der Waals surface area contributed by atoms with Gasteiger partial charge in [-0.25, -0.2) is 0 Å². The minimum atomic E-state index is -0.152. The van der Waals surface area contributed by atoms with Crippen molar-refractivity contribution in [1.82, 2.24) is 10.6 Å². The molecule has 0 fully saturated rings. The van der Waals surface area contributed by atoms with Gasteiger partial charge >= 0.3 is 0 Å². The highest BCUT2D eigenvalue weighted by Crippen LogP contribution is 2.23. The van der Waals surface area contributed by atoms with Crippen molar-refractivity contribution in [2.45, 2.75) is 20.3 Å². The largest absolute Gasteiger partial charge is 0.451 e. The van der Waals surface area contributed by atoms with Gasteiger partial charge in [0.1, 0.15) is 5.58 Å². The van der Waals surface area contributed by atoms with Crippen LogP contribution in [0.4, 0.5) is 0 Å². The van der Waals surface area contributed by atoms with Gasteiger partial charge in [0.05, 0.1) is 0 Å². The summed E-state index contributed by atoms with van der Waals surface area (Å²) in [4.78, 5) is 12.2. The van der Waals surface area contributed by atoms with Gasteiger partial charge in [0.25, 0.3) is 5.91 Å². The Morgan fingerprint density at radius 1 is 1.29 bits per heavy atom. The van der Waals surface area contributed by atoms with E-state index in [2.05, 4.69) is 29.7 Å². The van der Waals surface area contributed by atoms with E-state index < -0.39 is 0 Å². The maximum absolute atomic E-state index is 12.2. The van der Waals surface area contributed by atoms with Crippen LogP contribution in [0.3, 0.4) is 0 Å². The molecule has 4 heteroatoms. The lowest BCUT2D eigenvalue weighted by molar-refractivity contribution is 0.0931. The predicted molar refractivity (Wildman–Crippen MR) is 83.6 cm³/mol. The van der Waals surface area contributed by atoms with Crippen LogP contribution >= 0.6 is 0 Å². The fourth-order valence-electron chi connectivity index (χ4n) is 2.53. The SMILES string of the molecule is Cc1cc2cc(C(=O)NCC3=CCNCC3)oc2cc1C. The maximum atomic E-state index is 12.2. The van der Waals surface area contributed by atoms with Crippen molar-refractivity contribution < 1.29 is 9.21 Å². The second-order valence-corrected chi connectivity index (χ2v) is 5.58. The number of carbonyl (C=O) groups is 1. The first-order valence-electron chi connectivity index (χ1n) is 7.31. The monoisotopic (exact) mass is 284 g/mol. The zero-order chi connectivity index (χ0) is 14.8. The minimum absolute atomic E-state index is 0.152. The van der Waals surface area contributed by atoms with Crippen molar-refractivity contribution in [2.24, 2.45) is 0 Å². The number of carbonyl (C=O) groups excluding carboxylic acids is 1. The van der Waals surface area contributed by atoms with E-state index in [4.69, 9.17) is 4.42 Å². The van der Waals surface area contributed by atoms with E-state index in [1.165, 1.54) is 16.7 Å². The molecule has 0 atom stereocenters. The third-order valence-corrected chi connectivity index (χ3v) is 3.99. The first-order valence-corrected chi connectivity index (χ1v) is 7.31. The molecule has 1 amide bonds. The highest BCUT2D eigenvalue weighted by atomic mass is 16.3. The number of rotatable bonds is 3. The van der Waals surface area contributed by atoms with Crippen LogP contribution in [0.15, 0.2) is 34.3 Å². The van der Waals surface area contributed by atoms with Crippen LogP contribution < -0.4 is 10.6 Å². The van der Waals surface area contributed by atoms with Crippen LogP contribution in [0.2, 0.25) is 0 Å². The molecule has 0 saturated carbocycles. The van der Waals surface area contributed by atoms with Crippen LogP contribution in [0, 0.1) is 13.8 Å². The first kappa shape index (κ1) is 13.9. The number of benzene rings is 1. The molecule has 3 rings (SSSR count). The number of fused-ring (bicyclic) bond motifs is 1. The van der Waals surface area contributed by atoms with Crippen LogP contribution in [-0.4, -0.2) is 25.5 Å². The number of hydrogen-bond acceptors (Lipinski definition) is 3. The smallest absolute Gasteiger partial charge is 0.287 e. The number of amides is 1. The van der Waals surface area contributed by atoms with Crippen LogP contribution in [0.25, 0.3) is 11.0 Å². The number of aryl methyl sites for hydroxylation is 2. The molecule has 0 saturated heterocycles. The Kier molecular flexibility index (Phi) is 3.80. The maximum Gasteiger partial charge on any atom is 0.287 e. The van der Waals surface area contributed by atoms with Crippen molar-refractivity contribution in [2.75, 3.05) is 19.6 Å². The Labute approximate surface area is 124 Å². The minimum Gasteiger partial charge on any atom is -0.451 e. The molecule has 110 valence electrons. The van der Waals surface area contributed by atoms with Gasteiger partial charge in [-0.2, -0.15) is 0 Å². The summed E-state index contributed by atoms with van der Waals surface area (Å²) >= 11 is 0. The third-order valence-electron chi connectivity index (χ3n) is 3.99. The molecule has 2 N–H and O–H groups in total. The summed E-state index contributed by atoms with van der Waals surface area (Å²) in [6, 6.07) is 5.85. The third kappa shape index (κ3) is 3.00. The Morgan fingerprint density at radius 2 is 2.10 bits per heavy atom. The molecule has 0 aliphatic carbocycles. The molecule has 1 aromatic heterocycles. The van der Waals surface area contributed by atoms with Crippen LogP contribution in [-0.2, 0) is 0 Å². The van der Waals surface area contributed by atoms with Gasteiger partial charge in [-0.1, -0.05) is 11.6 Å². The van der Waals surface area contributed by atoms with Gasteiger partial charge in [0, 0.05) is 18.5 Å². The molecule has 0 radical (unpaired) electrons. The Bertz CT molecular complexity index is 674. The zero-order valence-electron chi connectivity index (χ0n) is 12.5. The standard InChI is InChI=1S/C17H20N2O2/c1-11-7-14-9-16(21-15(14)8-12(11)2)17(20)19-10-13-3-5-18-6-4-13/h3,7-9,18H,4-6,10H2,1-2H3,(H,19,20). The molecule has 2 heterocycles. The Morgan fingerprint density at radius 3 is 2.86 bits per heavy atom. The summed E-state index contributed by atoms with van der Waals surface area (Å²) in [5, 5.41) is 7.16. The summed E-state index contributed by atoms with van der Waals surface area (Å²) in [5.74, 6) is 0.227.